The lowest BCUT2D eigenvalue weighted by molar-refractivity contribution is 0.558. The van der Waals surface area contributed by atoms with E-state index in [-0.39, 0.29) is 11.8 Å². The van der Waals surface area contributed by atoms with E-state index in [0.717, 1.165) is 0 Å². The third-order valence-corrected chi connectivity index (χ3v) is 5.85. The van der Waals surface area contributed by atoms with Crippen LogP contribution >= 0.6 is 11.3 Å². The van der Waals surface area contributed by atoms with E-state index < -0.39 is 10.0 Å². The molecule has 0 spiro atoms. The molecule has 20 heavy (non-hydrogen) atoms. The van der Waals surface area contributed by atoms with E-state index >= 15 is 0 Å². The van der Waals surface area contributed by atoms with Gasteiger partial charge < -0.3 is 5.32 Å². The van der Waals surface area contributed by atoms with Crippen molar-refractivity contribution in [2.45, 2.75) is 19.9 Å². The first-order chi connectivity index (χ1) is 9.52. The number of hydrogen-bond donors (Lipinski definition) is 2. The molecule has 0 amide bonds. The zero-order chi connectivity index (χ0) is 14.6. The summed E-state index contributed by atoms with van der Waals surface area (Å²) in [6.45, 7) is 4.77. The highest BCUT2D eigenvalue weighted by Gasteiger charge is 2.09. The molecule has 6 heteroatoms. The molecule has 0 aliphatic carbocycles. The van der Waals surface area contributed by atoms with Crippen molar-refractivity contribution in [3.63, 3.8) is 0 Å². The van der Waals surface area contributed by atoms with Crippen molar-refractivity contribution in [2.75, 3.05) is 18.8 Å². The van der Waals surface area contributed by atoms with Gasteiger partial charge in [-0.3, -0.25) is 0 Å². The Kier molecular flexibility index (Phi) is 5.15. The largest absolute Gasteiger partial charge is 0.308 e. The predicted octanol–water partition coefficient (Wildman–Crippen LogP) is 2.49. The maximum absolute atomic E-state index is 11.3. The van der Waals surface area contributed by atoms with Crippen molar-refractivity contribution in [1.29, 1.82) is 0 Å². The second-order valence-electron chi connectivity index (χ2n) is 4.66. The van der Waals surface area contributed by atoms with Gasteiger partial charge in [-0.1, -0.05) is 18.2 Å². The Hall–Kier alpha value is -0.950. The van der Waals surface area contributed by atoms with Crippen LogP contribution in [0, 0.1) is 0 Å². The third-order valence-electron chi connectivity index (χ3n) is 3.15. The van der Waals surface area contributed by atoms with Gasteiger partial charge in [0.2, 0.25) is 10.0 Å². The van der Waals surface area contributed by atoms with Gasteiger partial charge in [0.25, 0.3) is 0 Å². The molecule has 0 saturated carbocycles. The van der Waals surface area contributed by atoms with Crippen LogP contribution in [0.1, 0.15) is 24.8 Å². The zero-order valence-corrected chi connectivity index (χ0v) is 13.4. The molecule has 1 aromatic heterocycles. The lowest BCUT2D eigenvalue weighted by atomic mass is 10.2. The van der Waals surface area contributed by atoms with Crippen molar-refractivity contribution >= 4 is 31.4 Å². The van der Waals surface area contributed by atoms with E-state index in [4.69, 9.17) is 0 Å². The summed E-state index contributed by atoms with van der Waals surface area (Å²) < 4.78 is 26.4. The van der Waals surface area contributed by atoms with Gasteiger partial charge in [0, 0.05) is 28.7 Å². The summed E-state index contributed by atoms with van der Waals surface area (Å²) in [6.07, 6.45) is 0. The van der Waals surface area contributed by atoms with Crippen molar-refractivity contribution in [3.8, 4) is 0 Å². The van der Waals surface area contributed by atoms with Gasteiger partial charge in [0.15, 0.2) is 0 Å². The molecule has 0 fully saturated rings. The fourth-order valence-electron chi connectivity index (χ4n) is 1.91. The molecule has 2 aromatic rings. The fourth-order valence-corrected chi connectivity index (χ4v) is 3.62. The Morgan fingerprint density at radius 3 is 2.70 bits per heavy atom. The summed E-state index contributed by atoms with van der Waals surface area (Å²) in [7, 11) is -3.09. The van der Waals surface area contributed by atoms with Crippen molar-refractivity contribution < 1.29 is 8.42 Å². The van der Waals surface area contributed by atoms with Crippen molar-refractivity contribution in [2.24, 2.45) is 0 Å². The summed E-state index contributed by atoms with van der Waals surface area (Å²) in [6, 6.07) is 10.7. The van der Waals surface area contributed by atoms with Gasteiger partial charge in [-0.15, -0.1) is 11.3 Å². The van der Waals surface area contributed by atoms with E-state index in [1.54, 1.807) is 18.3 Å². The lowest BCUT2D eigenvalue weighted by Crippen LogP contribution is -2.33. The van der Waals surface area contributed by atoms with Gasteiger partial charge >= 0.3 is 0 Å². The summed E-state index contributed by atoms with van der Waals surface area (Å²) in [5, 5.41) is 4.60. The van der Waals surface area contributed by atoms with Crippen LogP contribution in [0.25, 0.3) is 10.1 Å². The minimum absolute atomic E-state index is 0.124. The Morgan fingerprint density at radius 2 is 2.00 bits per heavy atom. The minimum Gasteiger partial charge on any atom is -0.308 e. The molecule has 0 unspecified atom stereocenters. The first-order valence-corrected chi connectivity index (χ1v) is 9.18. The summed E-state index contributed by atoms with van der Waals surface area (Å²) >= 11 is 1.77. The number of nitrogens with one attached hydrogen (secondary N) is 2. The molecule has 1 aromatic carbocycles. The zero-order valence-electron chi connectivity index (χ0n) is 11.7. The SMILES string of the molecule is CCS(=O)(=O)NCCN[C@H](C)c1cc2ccccc2s1. The standard InChI is InChI=1S/C14H20N2O2S2/c1-3-20(17,18)16-9-8-15-11(2)14-10-12-6-4-5-7-13(12)19-14/h4-7,10-11,15-16H,3,8-9H2,1-2H3/t11-/m1/s1. The Bertz CT molecular complexity index is 632. The third kappa shape index (κ3) is 4.02. The number of thiophene rings is 1. The van der Waals surface area contributed by atoms with E-state index in [2.05, 4.69) is 35.2 Å². The second-order valence-corrected chi connectivity index (χ2v) is 7.87. The minimum atomic E-state index is -3.09. The van der Waals surface area contributed by atoms with Gasteiger partial charge in [-0.2, -0.15) is 0 Å². The maximum Gasteiger partial charge on any atom is 0.211 e. The lowest BCUT2D eigenvalue weighted by Gasteiger charge is -2.12. The normalized spacial score (nSPS) is 13.7. The Balaban J connectivity index is 1.87. The molecule has 2 N–H and O–H groups in total. The Labute approximate surface area is 124 Å². The van der Waals surface area contributed by atoms with Crippen LogP contribution in [0.3, 0.4) is 0 Å². The highest BCUT2D eigenvalue weighted by molar-refractivity contribution is 7.89. The van der Waals surface area contributed by atoms with Gasteiger partial charge in [-0.25, -0.2) is 13.1 Å². The molecule has 0 bridgehead atoms. The van der Waals surface area contributed by atoms with Crippen LogP contribution in [0.15, 0.2) is 30.3 Å². The number of sulfonamides is 1. The molecule has 110 valence electrons. The Morgan fingerprint density at radius 1 is 1.25 bits per heavy atom. The van der Waals surface area contributed by atoms with Crippen LogP contribution in [-0.4, -0.2) is 27.3 Å². The van der Waals surface area contributed by atoms with E-state index in [1.807, 2.05) is 12.1 Å². The quantitative estimate of drug-likeness (QED) is 0.772. The molecule has 1 atom stereocenters. The highest BCUT2D eigenvalue weighted by atomic mass is 32.2. The molecule has 0 radical (unpaired) electrons. The molecule has 0 saturated heterocycles. The summed E-state index contributed by atoms with van der Waals surface area (Å²) in [4.78, 5) is 1.27. The molecular formula is C14H20N2O2S2. The fraction of sp³-hybridized carbons (Fsp3) is 0.429. The van der Waals surface area contributed by atoms with E-state index in [1.165, 1.54) is 15.0 Å². The van der Waals surface area contributed by atoms with Gasteiger partial charge in [0.1, 0.15) is 0 Å². The average molecular weight is 312 g/mol. The predicted molar refractivity (Wildman–Crippen MR) is 85.7 cm³/mol. The van der Waals surface area contributed by atoms with Gasteiger partial charge in [-0.05, 0) is 31.4 Å². The molecular weight excluding hydrogens is 292 g/mol. The number of hydrogen-bond acceptors (Lipinski definition) is 4. The summed E-state index contributed by atoms with van der Waals surface area (Å²) in [5.74, 6) is 0.124. The number of rotatable bonds is 7. The second kappa shape index (κ2) is 6.67. The van der Waals surface area contributed by atoms with Crippen molar-refractivity contribution in [1.82, 2.24) is 10.0 Å². The van der Waals surface area contributed by atoms with Crippen molar-refractivity contribution in [3.05, 3.63) is 35.2 Å². The van der Waals surface area contributed by atoms with Crippen LogP contribution in [-0.2, 0) is 10.0 Å². The first kappa shape index (κ1) is 15.4. The molecule has 1 heterocycles. The highest BCUT2D eigenvalue weighted by Crippen LogP contribution is 2.29. The molecule has 4 nitrogen and oxygen atoms in total. The van der Waals surface area contributed by atoms with E-state index in [0.29, 0.717) is 13.1 Å². The number of fused-ring (bicyclic) bond motifs is 1. The topological polar surface area (TPSA) is 58.2 Å². The summed E-state index contributed by atoms with van der Waals surface area (Å²) in [5.41, 5.74) is 0. The molecule has 0 aliphatic heterocycles. The van der Waals surface area contributed by atoms with Gasteiger partial charge in [0.05, 0.1) is 5.75 Å². The van der Waals surface area contributed by atoms with Crippen LogP contribution in [0.2, 0.25) is 0 Å². The number of benzene rings is 1. The van der Waals surface area contributed by atoms with Crippen LogP contribution < -0.4 is 10.0 Å². The smallest absolute Gasteiger partial charge is 0.211 e. The first-order valence-electron chi connectivity index (χ1n) is 6.71. The van der Waals surface area contributed by atoms with Crippen LogP contribution in [0.5, 0.6) is 0 Å². The monoisotopic (exact) mass is 312 g/mol. The maximum atomic E-state index is 11.3. The molecule has 2 rings (SSSR count). The average Bonchev–Trinajstić information content (AvgIpc) is 2.87. The van der Waals surface area contributed by atoms with Crippen LogP contribution in [0.4, 0.5) is 0 Å². The molecule has 0 aliphatic rings. The van der Waals surface area contributed by atoms with E-state index in [9.17, 15) is 8.42 Å².